The van der Waals surface area contributed by atoms with Gasteiger partial charge >= 0.3 is 5.97 Å². The van der Waals surface area contributed by atoms with Crippen molar-refractivity contribution in [2.24, 2.45) is 0 Å². The van der Waals surface area contributed by atoms with Crippen molar-refractivity contribution in [2.45, 2.75) is 19.5 Å². The summed E-state index contributed by atoms with van der Waals surface area (Å²) in [7, 11) is 0. The Bertz CT molecular complexity index is 348. The van der Waals surface area contributed by atoms with Crippen LogP contribution in [0.4, 0.5) is 0 Å². The van der Waals surface area contributed by atoms with E-state index in [1.54, 1.807) is 25.1 Å². The first-order valence-electron chi connectivity index (χ1n) is 4.40. The van der Waals surface area contributed by atoms with Crippen molar-refractivity contribution in [3.63, 3.8) is 0 Å². The summed E-state index contributed by atoms with van der Waals surface area (Å²) < 4.78 is 0. The molecule has 3 nitrogen and oxygen atoms in total. The van der Waals surface area contributed by atoms with Crippen LogP contribution in [0.3, 0.4) is 0 Å². The molecule has 1 atom stereocenters. The molecule has 0 spiro atoms. The summed E-state index contributed by atoms with van der Waals surface area (Å²) in [5.41, 5.74) is 0.862. The Labute approximate surface area is 98.0 Å². The van der Waals surface area contributed by atoms with Gasteiger partial charge in [-0.15, -0.1) is 0 Å². The topological polar surface area (TPSA) is 49.3 Å². The Hall–Kier alpha value is -0.770. The third kappa shape index (κ3) is 4.08. The molecule has 5 heteroatoms. The van der Waals surface area contributed by atoms with E-state index in [9.17, 15) is 4.79 Å². The molecule has 0 radical (unpaired) electrons. The van der Waals surface area contributed by atoms with Crippen LogP contribution in [-0.4, -0.2) is 17.1 Å². The first kappa shape index (κ1) is 12.3. The Morgan fingerprint density at radius 1 is 1.40 bits per heavy atom. The van der Waals surface area contributed by atoms with Gasteiger partial charge in [0.2, 0.25) is 0 Å². The molecule has 0 saturated heterocycles. The highest BCUT2D eigenvalue weighted by molar-refractivity contribution is 6.34. The van der Waals surface area contributed by atoms with E-state index in [1.807, 2.05) is 0 Å². The molecule has 0 aliphatic heterocycles. The van der Waals surface area contributed by atoms with Gasteiger partial charge in [-0.25, -0.2) is 0 Å². The van der Waals surface area contributed by atoms with Gasteiger partial charge < -0.3 is 10.4 Å². The number of hydrogen-bond donors (Lipinski definition) is 2. The third-order valence-electron chi connectivity index (χ3n) is 1.91. The van der Waals surface area contributed by atoms with E-state index >= 15 is 0 Å². The highest BCUT2D eigenvalue weighted by Crippen LogP contribution is 2.18. The molecule has 1 rings (SSSR count). The molecule has 1 unspecified atom stereocenters. The quantitative estimate of drug-likeness (QED) is 0.860. The fraction of sp³-hybridized carbons (Fsp3) is 0.300. The number of rotatable bonds is 4. The predicted molar refractivity (Wildman–Crippen MR) is 60.4 cm³/mol. The fourth-order valence-electron chi connectivity index (χ4n) is 1.07. The summed E-state index contributed by atoms with van der Waals surface area (Å²) >= 11 is 11.6. The summed E-state index contributed by atoms with van der Waals surface area (Å²) in [6, 6.07) is 4.53. The van der Waals surface area contributed by atoms with E-state index in [0.29, 0.717) is 16.6 Å². The van der Waals surface area contributed by atoms with Crippen LogP contribution in [0, 0.1) is 0 Å². The smallest absolute Gasteiger partial charge is 0.320 e. The molecule has 1 aromatic rings. The lowest BCUT2D eigenvalue weighted by Crippen LogP contribution is -2.33. The maximum absolute atomic E-state index is 10.5. The number of benzene rings is 1. The lowest BCUT2D eigenvalue weighted by atomic mass is 10.2. The van der Waals surface area contributed by atoms with E-state index < -0.39 is 12.0 Å². The second-order valence-corrected chi connectivity index (χ2v) is 4.09. The van der Waals surface area contributed by atoms with Crippen molar-refractivity contribution in [3.8, 4) is 0 Å². The monoisotopic (exact) mass is 247 g/mol. The Morgan fingerprint density at radius 2 is 1.93 bits per heavy atom. The van der Waals surface area contributed by atoms with Gasteiger partial charge in [-0.05, 0) is 30.7 Å². The average Bonchev–Trinajstić information content (AvgIpc) is 2.12. The van der Waals surface area contributed by atoms with E-state index in [1.165, 1.54) is 0 Å². The molecule has 15 heavy (non-hydrogen) atoms. The molecular formula is C10H11Cl2NO2. The molecule has 2 N–H and O–H groups in total. The minimum Gasteiger partial charge on any atom is -0.480 e. The largest absolute Gasteiger partial charge is 0.480 e. The van der Waals surface area contributed by atoms with Crippen LogP contribution in [0.25, 0.3) is 0 Å². The molecular weight excluding hydrogens is 237 g/mol. The molecule has 0 aliphatic rings. The van der Waals surface area contributed by atoms with Crippen molar-refractivity contribution in [3.05, 3.63) is 33.8 Å². The lowest BCUT2D eigenvalue weighted by molar-refractivity contribution is -0.139. The minimum atomic E-state index is -0.886. The van der Waals surface area contributed by atoms with Crippen molar-refractivity contribution in [1.82, 2.24) is 5.32 Å². The van der Waals surface area contributed by atoms with Crippen molar-refractivity contribution < 1.29 is 9.90 Å². The standard InChI is InChI=1S/C10H11Cl2NO2/c1-6(10(14)15)13-5-7-2-8(11)4-9(12)3-7/h2-4,6,13H,5H2,1H3,(H,14,15). The Kier molecular flexibility index (Phi) is 4.39. The molecule has 1 aromatic carbocycles. The van der Waals surface area contributed by atoms with E-state index in [2.05, 4.69) is 5.32 Å². The number of carbonyl (C=O) groups is 1. The predicted octanol–water partition coefficient (Wildman–Crippen LogP) is 2.56. The zero-order valence-corrected chi connectivity index (χ0v) is 9.64. The van der Waals surface area contributed by atoms with Crippen LogP contribution in [-0.2, 0) is 11.3 Å². The van der Waals surface area contributed by atoms with Crippen molar-refractivity contribution in [1.29, 1.82) is 0 Å². The Morgan fingerprint density at radius 3 is 2.40 bits per heavy atom. The van der Waals surface area contributed by atoms with Crippen LogP contribution in [0.2, 0.25) is 10.0 Å². The maximum Gasteiger partial charge on any atom is 0.320 e. The number of halogens is 2. The SMILES string of the molecule is CC(NCc1cc(Cl)cc(Cl)c1)C(=O)O. The molecule has 0 aliphatic carbocycles. The first-order chi connectivity index (χ1) is 6.99. The second kappa shape index (κ2) is 5.35. The number of hydrogen-bond acceptors (Lipinski definition) is 2. The van der Waals surface area contributed by atoms with Gasteiger partial charge in [0.15, 0.2) is 0 Å². The van der Waals surface area contributed by atoms with Crippen LogP contribution in [0.1, 0.15) is 12.5 Å². The highest BCUT2D eigenvalue weighted by atomic mass is 35.5. The number of carboxylic acid groups (broad SMARTS) is 1. The molecule has 82 valence electrons. The van der Waals surface area contributed by atoms with E-state index in [-0.39, 0.29) is 0 Å². The van der Waals surface area contributed by atoms with Gasteiger partial charge in [0.1, 0.15) is 6.04 Å². The number of nitrogens with one attached hydrogen (secondary N) is 1. The zero-order valence-electron chi connectivity index (χ0n) is 8.13. The van der Waals surface area contributed by atoms with Crippen molar-refractivity contribution >= 4 is 29.2 Å². The van der Waals surface area contributed by atoms with Crippen LogP contribution < -0.4 is 5.32 Å². The summed E-state index contributed by atoms with van der Waals surface area (Å²) in [5, 5.41) is 12.6. The molecule has 0 amide bonds. The summed E-state index contributed by atoms with van der Waals surface area (Å²) in [5.74, 6) is -0.886. The highest BCUT2D eigenvalue weighted by Gasteiger charge is 2.09. The van der Waals surface area contributed by atoms with Gasteiger partial charge in [-0.3, -0.25) is 4.79 Å². The molecule has 0 heterocycles. The summed E-state index contributed by atoms with van der Waals surface area (Å²) in [6.45, 7) is 2.00. The van der Waals surface area contributed by atoms with Gasteiger partial charge in [0, 0.05) is 16.6 Å². The third-order valence-corrected chi connectivity index (χ3v) is 2.34. The van der Waals surface area contributed by atoms with Gasteiger partial charge in [-0.1, -0.05) is 23.2 Å². The average molecular weight is 248 g/mol. The maximum atomic E-state index is 10.5. The Balaban J connectivity index is 2.61. The number of carboxylic acids is 1. The van der Waals surface area contributed by atoms with Crippen LogP contribution in [0.5, 0.6) is 0 Å². The molecule has 0 aromatic heterocycles. The minimum absolute atomic E-state index is 0.424. The van der Waals surface area contributed by atoms with Gasteiger partial charge in [0.25, 0.3) is 0 Å². The van der Waals surface area contributed by atoms with E-state index in [4.69, 9.17) is 28.3 Å². The molecule has 0 fully saturated rings. The molecule has 0 saturated carbocycles. The fourth-order valence-corrected chi connectivity index (χ4v) is 1.64. The van der Waals surface area contributed by atoms with Crippen molar-refractivity contribution in [2.75, 3.05) is 0 Å². The molecule has 0 bridgehead atoms. The van der Waals surface area contributed by atoms with Crippen LogP contribution >= 0.6 is 23.2 Å². The van der Waals surface area contributed by atoms with Crippen LogP contribution in [0.15, 0.2) is 18.2 Å². The van der Waals surface area contributed by atoms with Gasteiger partial charge in [0.05, 0.1) is 0 Å². The number of aliphatic carboxylic acids is 1. The summed E-state index contributed by atoms with van der Waals surface area (Å²) in [6.07, 6.45) is 0. The van der Waals surface area contributed by atoms with E-state index in [0.717, 1.165) is 5.56 Å². The summed E-state index contributed by atoms with van der Waals surface area (Å²) in [4.78, 5) is 10.5. The second-order valence-electron chi connectivity index (χ2n) is 3.22. The normalized spacial score (nSPS) is 12.5. The lowest BCUT2D eigenvalue weighted by Gasteiger charge is -2.09. The van der Waals surface area contributed by atoms with Gasteiger partial charge in [-0.2, -0.15) is 0 Å². The zero-order chi connectivity index (χ0) is 11.4. The first-order valence-corrected chi connectivity index (χ1v) is 5.16.